The third-order valence-corrected chi connectivity index (χ3v) is 3.52. The molecule has 0 spiro atoms. The minimum atomic E-state index is -0.189. The standard InChI is InChI=1S/C18H24N4O2/c1-14-20-16(18(23)19-10-7-11-24-3)12-17(21-14)22(2)13-15-8-5-4-6-9-15/h4-6,8-9,12H,7,10-11,13H2,1-3H3,(H,19,23). The highest BCUT2D eigenvalue weighted by Gasteiger charge is 2.12. The van der Waals surface area contributed by atoms with Crippen LogP contribution < -0.4 is 10.2 Å². The van der Waals surface area contributed by atoms with E-state index in [9.17, 15) is 4.79 Å². The van der Waals surface area contributed by atoms with Gasteiger partial charge in [-0.15, -0.1) is 0 Å². The topological polar surface area (TPSA) is 67.3 Å². The van der Waals surface area contributed by atoms with E-state index in [0.29, 0.717) is 31.2 Å². The average molecular weight is 328 g/mol. The first-order chi connectivity index (χ1) is 11.6. The summed E-state index contributed by atoms with van der Waals surface area (Å²) in [5.41, 5.74) is 1.57. The van der Waals surface area contributed by atoms with Crippen molar-refractivity contribution in [2.45, 2.75) is 19.9 Å². The Morgan fingerprint density at radius 3 is 2.71 bits per heavy atom. The number of hydrogen-bond donors (Lipinski definition) is 1. The smallest absolute Gasteiger partial charge is 0.270 e. The van der Waals surface area contributed by atoms with Crippen LogP contribution in [-0.2, 0) is 11.3 Å². The van der Waals surface area contributed by atoms with Crippen molar-refractivity contribution in [3.05, 3.63) is 53.5 Å². The zero-order valence-electron chi connectivity index (χ0n) is 14.5. The summed E-state index contributed by atoms with van der Waals surface area (Å²) in [4.78, 5) is 22.9. The predicted molar refractivity (Wildman–Crippen MR) is 94.1 cm³/mol. The molecule has 24 heavy (non-hydrogen) atoms. The lowest BCUT2D eigenvalue weighted by Gasteiger charge is -2.19. The third-order valence-electron chi connectivity index (χ3n) is 3.52. The first-order valence-electron chi connectivity index (χ1n) is 7.98. The number of aromatic nitrogens is 2. The molecule has 6 heteroatoms. The normalized spacial score (nSPS) is 10.5. The van der Waals surface area contributed by atoms with Crippen molar-refractivity contribution in [3.8, 4) is 0 Å². The summed E-state index contributed by atoms with van der Waals surface area (Å²) in [7, 11) is 3.60. The fraction of sp³-hybridized carbons (Fsp3) is 0.389. The van der Waals surface area contributed by atoms with Gasteiger partial charge in [0.2, 0.25) is 0 Å². The molecule has 1 N–H and O–H groups in total. The zero-order valence-corrected chi connectivity index (χ0v) is 14.5. The number of ether oxygens (including phenoxy) is 1. The van der Waals surface area contributed by atoms with Crippen molar-refractivity contribution in [3.63, 3.8) is 0 Å². The first-order valence-corrected chi connectivity index (χ1v) is 7.98. The maximum atomic E-state index is 12.2. The molecule has 1 heterocycles. The Kier molecular flexibility index (Phi) is 6.69. The van der Waals surface area contributed by atoms with Crippen LogP contribution in [0.3, 0.4) is 0 Å². The molecule has 0 unspecified atom stereocenters. The number of benzene rings is 1. The van der Waals surface area contributed by atoms with E-state index in [1.807, 2.05) is 30.1 Å². The van der Waals surface area contributed by atoms with Crippen LogP contribution in [0, 0.1) is 6.92 Å². The summed E-state index contributed by atoms with van der Waals surface area (Å²) in [6, 6.07) is 11.9. The second kappa shape index (κ2) is 8.98. The van der Waals surface area contributed by atoms with Gasteiger partial charge in [-0.1, -0.05) is 30.3 Å². The highest BCUT2D eigenvalue weighted by Crippen LogP contribution is 2.14. The van der Waals surface area contributed by atoms with Crippen LogP contribution in [-0.4, -0.2) is 43.2 Å². The Balaban J connectivity index is 2.05. The third kappa shape index (κ3) is 5.31. The van der Waals surface area contributed by atoms with E-state index in [4.69, 9.17) is 4.74 Å². The number of methoxy groups -OCH3 is 1. The molecule has 0 saturated carbocycles. The Hall–Kier alpha value is -2.47. The second-order valence-corrected chi connectivity index (χ2v) is 5.60. The molecule has 0 atom stereocenters. The second-order valence-electron chi connectivity index (χ2n) is 5.60. The van der Waals surface area contributed by atoms with Gasteiger partial charge in [0.15, 0.2) is 0 Å². The van der Waals surface area contributed by atoms with E-state index in [0.717, 1.165) is 12.2 Å². The molecule has 2 rings (SSSR count). The molecule has 1 amide bonds. The lowest BCUT2D eigenvalue weighted by molar-refractivity contribution is 0.0943. The quantitative estimate of drug-likeness (QED) is 0.752. The molecule has 0 saturated heterocycles. The van der Waals surface area contributed by atoms with Gasteiger partial charge < -0.3 is 15.0 Å². The van der Waals surface area contributed by atoms with Crippen LogP contribution in [0.15, 0.2) is 36.4 Å². The maximum absolute atomic E-state index is 12.2. The number of amides is 1. The fourth-order valence-corrected chi connectivity index (χ4v) is 2.31. The van der Waals surface area contributed by atoms with Gasteiger partial charge in [0, 0.05) is 39.9 Å². The van der Waals surface area contributed by atoms with Crippen molar-refractivity contribution >= 4 is 11.7 Å². The number of hydrogen-bond acceptors (Lipinski definition) is 5. The van der Waals surface area contributed by atoms with Gasteiger partial charge in [0.25, 0.3) is 5.91 Å². The van der Waals surface area contributed by atoms with Gasteiger partial charge in [-0.2, -0.15) is 0 Å². The van der Waals surface area contributed by atoms with Crippen molar-refractivity contribution in [2.24, 2.45) is 0 Å². The molecule has 0 aliphatic rings. The Bertz CT molecular complexity index is 661. The summed E-state index contributed by atoms with van der Waals surface area (Å²) in [6.07, 6.45) is 0.771. The zero-order chi connectivity index (χ0) is 17.4. The van der Waals surface area contributed by atoms with Gasteiger partial charge in [-0.05, 0) is 18.9 Å². The molecular formula is C18H24N4O2. The van der Waals surface area contributed by atoms with Crippen molar-refractivity contribution < 1.29 is 9.53 Å². The Morgan fingerprint density at radius 1 is 1.25 bits per heavy atom. The van der Waals surface area contributed by atoms with Gasteiger partial charge in [0.05, 0.1) is 0 Å². The number of carbonyl (C=O) groups excluding carboxylic acids is 1. The number of nitrogens with zero attached hydrogens (tertiary/aromatic N) is 3. The number of nitrogens with one attached hydrogen (secondary N) is 1. The molecule has 0 bridgehead atoms. The summed E-state index contributed by atoms with van der Waals surface area (Å²) in [6.45, 7) is 3.69. The Morgan fingerprint density at radius 2 is 2.00 bits per heavy atom. The van der Waals surface area contributed by atoms with Crippen LogP contribution in [0.1, 0.15) is 28.3 Å². The Labute approximate surface area is 142 Å². The van der Waals surface area contributed by atoms with Crippen molar-refractivity contribution in [1.29, 1.82) is 0 Å². The SMILES string of the molecule is COCCCNC(=O)c1cc(N(C)Cc2ccccc2)nc(C)n1. The molecule has 0 radical (unpaired) electrons. The van der Waals surface area contributed by atoms with Crippen LogP contribution in [0.25, 0.3) is 0 Å². The van der Waals surface area contributed by atoms with E-state index in [-0.39, 0.29) is 5.91 Å². The van der Waals surface area contributed by atoms with E-state index < -0.39 is 0 Å². The largest absolute Gasteiger partial charge is 0.385 e. The number of anilines is 1. The molecule has 0 aliphatic carbocycles. The highest BCUT2D eigenvalue weighted by atomic mass is 16.5. The van der Waals surface area contributed by atoms with E-state index >= 15 is 0 Å². The summed E-state index contributed by atoms with van der Waals surface area (Å²) in [5.74, 6) is 1.12. The maximum Gasteiger partial charge on any atom is 0.270 e. The van der Waals surface area contributed by atoms with E-state index in [1.54, 1.807) is 20.1 Å². The van der Waals surface area contributed by atoms with Gasteiger partial charge in [-0.25, -0.2) is 9.97 Å². The minimum Gasteiger partial charge on any atom is -0.385 e. The predicted octanol–water partition coefficient (Wildman–Crippen LogP) is 2.19. The molecule has 6 nitrogen and oxygen atoms in total. The molecule has 0 aliphatic heterocycles. The minimum absolute atomic E-state index is 0.189. The lowest BCUT2D eigenvalue weighted by Crippen LogP contribution is -2.27. The van der Waals surface area contributed by atoms with Gasteiger partial charge >= 0.3 is 0 Å². The summed E-state index contributed by atoms with van der Waals surface area (Å²) in [5, 5.41) is 2.85. The molecular weight excluding hydrogens is 304 g/mol. The summed E-state index contributed by atoms with van der Waals surface area (Å²) < 4.78 is 4.97. The summed E-state index contributed by atoms with van der Waals surface area (Å²) >= 11 is 0. The first kappa shape index (κ1) is 17.9. The van der Waals surface area contributed by atoms with Crippen LogP contribution in [0.2, 0.25) is 0 Å². The lowest BCUT2D eigenvalue weighted by atomic mass is 10.2. The van der Waals surface area contributed by atoms with E-state index in [1.165, 1.54) is 5.56 Å². The van der Waals surface area contributed by atoms with E-state index in [2.05, 4.69) is 27.4 Å². The fourth-order valence-electron chi connectivity index (χ4n) is 2.31. The monoisotopic (exact) mass is 328 g/mol. The molecule has 1 aromatic carbocycles. The average Bonchev–Trinajstić information content (AvgIpc) is 2.59. The van der Waals surface area contributed by atoms with Crippen LogP contribution in [0.4, 0.5) is 5.82 Å². The number of rotatable bonds is 8. The molecule has 1 aromatic heterocycles. The van der Waals surface area contributed by atoms with Crippen molar-refractivity contribution in [1.82, 2.24) is 15.3 Å². The van der Waals surface area contributed by atoms with Gasteiger partial charge in [0.1, 0.15) is 17.3 Å². The highest BCUT2D eigenvalue weighted by molar-refractivity contribution is 5.92. The number of aryl methyl sites for hydroxylation is 1. The van der Waals surface area contributed by atoms with Gasteiger partial charge in [-0.3, -0.25) is 4.79 Å². The molecule has 2 aromatic rings. The number of carbonyl (C=O) groups is 1. The van der Waals surface area contributed by atoms with Crippen LogP contribution in [0.5, 0.6) is 0 Å². The molecule has 128 valence electrons. The van der Waals surface area contributed by atoms with Crippen LogP contribution >= 0.6 is 0 Å². The molecule has 0 fully saturated rings. The van der Waals surface area contributed by atoms with Crippen molar-refractivity contribution in [2.75, 3.05) is 32.2 Å².